The van der Waals surface area contributed by atoms with Gasteiger partial charge in [-0.3, -0.25) is 19.7 Å². The summed E-state index contributed by atoms with van der Waals surface area (Å²) in [6, 6.07) is 5.58. The van der Waals surface area contributed by atoms with E-state index < -0.39 is 6.04 Å². The molecule has 0 bridgehead atoms. The Labute approximate surface area is 147 Å². The molecule has 1 aromatic carbocycles. The lowest BCUT2D eigenvalue weighted by molar-refractivity contribution is -0.136. The summed E-state index contributed by atoms with van der Waals surface area (Å²) in [5, 5.41) is 5.76. The monoisotopic (exact) mass is 341 g/mol. The topological polar surface area (TPSA) is 78.5 Å². The number of hydrogen-bond acceptors (Lipinski definition) is 4. The molecule has 0 aromatic heterocycles. The van der Waals surface area contributed by atoms with Crippen LogP contribution >= 0.6 is 0 Å². The van der Waals surface area contributed by atoms with E-state index in [1.54, 1.807) is 4.90 Å². The van der Waals surface area contributed by atoms with E-state index in [1.165, 1.54) is 5.56 Å². The number of fused-ring (bicyclic) bond motifs is 1. The van der Waals surface area contributed by atoms with E-state index in [4.69, 9.17) is 0 Å². The second-order valence-corrected chi connectivity index (χ2v) is 7.39. The molecule has 4 rings (SSSR count). The summed E-state index contributed by atoms with van der Waals surface area (Å²) in [5.41, 5.74) is 2.97. The molecule has 2 N–H and O–H groups in total. The fourth-order valence-electron chi connectivity index (χ4n) is 4.33. The van der Waals surface area contributed by atoms with Gasteiger partial charge in [-0.25, -0.2) is 0 Å². The van der Waals surface area contributed by atoms with Crippen molar-refractivity contribution in [3.05, 3.63) is 34.9 Å². The molecule has 3 amide bonds. The zero-order valence-corrected chi connectivity index (χ0v) is 14.4. The van der Waals surface area contributed by atoms with Crippen LogP contribution in [-0.2, 0) is 16.1 Å². The molecule has 2 fully saturated rings. The summed E-state index contributed by atoms with van der Waals surface area (Å²) in [6.07, 6.45) is 1.79. The summed E-state index contributed by atoms with van der Waals surface area (Å²) in [4.78, 5) is 37.8. The molecule has 3 atom stereocenters. The Balaban J connectivity index is 1.57. The lowest BCUT2D eigenvalue weighted by Gasteiger charge is -2.30. The Morgan fingerprint density at radius 3 is 2.76 bits per heavy atom. The van der Waals surface area contributed by atoms with Gasteiger partial charge in [-0.05, 0) is 55.0 Å². The molecule has 6 nitrogen and oxygen atoms in total. The molecule has 3 aliphatic rings. The summed E-state index contributed by atoms with van der Waals surface area (Å²) in [7, 11) is 0. The predicted octanol–water partition coefficient (Wildman–Crippen LogP) is 1.16. The van der Waals surface area contributed by atoms with Crippen molar-refractivity contribution in [2.24, 2.45) is 5.92 Å². The van der Waals surface area contributed by atoms with E-state index in [0.717, 1.165) is 25.1 Å². The van der Waals surface area contributed by atoms with E-state index in [1.807, 2.05) is 6.07 Å². The number of benzene rings is 1. The van der Waals surface area contributed by atoms with E-state index in [9.17, 15) is 14.4 Å². The van der Waals surface area contributed by atoms with Crippen molar-refractivity contribution in [3.63, 3.8) is 0 Å². The first kappa shape index (κ1) is 16.3. The zero-order valence-electron chi connectivity index (χ0n) is 14.4. The van der Waals surface area contributed by atoms with Crippen molar-refractivity contribution >= 4 is 17.7 Å². The van der Waals surface area contributed by atoms with Crippen molar-refractivity contribution in [2.45, 2.75) is 44.7 Å². The van der Waals surface area contributed by atoms with Gasteiger partial charge in [0.25, 0.3) is 5.91 Å². The number of hydrogen-bond donors (Lipinski definition) is 2. The van der Waals surface area contributed by atoms with Gasteiger partial charge >= 0.3 is 0 Å². The molecule has 25 heavy (non-hydrogen) atoms. The van der Waals surface area contributed by atoms with Crippen LogP contribution < -0.4 is 10.6 Å². The molecule has 1 aromatic rings. The van der Waals surface area contributed by atoms with Crippen LogP contribution in [0.15, 0.2) is 18.2 Å². The number of carbonyl (C=O) groups excluding carboxylic acids is 3. The molecule has 3 heterocycles. The number of imide groups is 1. The van der Waals surface area contributed by atoms with Gasteiger partial charge in [-0.15, -0.1) is 0 Å². The molecule has 0 spiro atoms. The molecular formula is C19H23N3O3. The van der Waals surface area contributed by atoms with E-state index in [-0.39, 0.29) is 24.1 Å². The number of nitrogens with one attached hydrogen (secondary N) is 2. The third-order valence-electron chi connectivity index (χ3n) is 5.76. The first-order chi connectivity index (χ1) is 12.0. The first-order valence-electron chi connectivity index (χ1n) is 9.03. The van der Waals surface area contributed by atoms with Gasteiger partial charge < -0.3 is 10.2 Å². The number of nitrogens with zero attached hydrogens (tertiary/aromatic N) is 1. The molecule has 6 heteroatoms. The quantitative estimate of drug-likeness (QED) is 0.792. The van der Waals surface area contributed by atoms with Crippen LogP contribution in [-0.4, -0.2) is 41.8 Å². The lowest BCUT2D eigenvalue weighted by atomic mass is 9.81. The van der Waals surface area contributed by atoms with Gasteiger partial charge in [-0.2, -0.15) is 0 Å². The SMILES string of the molecule is CC1CNCCC1c1ccc2c(c1)CN(C1CCC(=O)NC1=O)C2=O. The Morgan fingerprint density at radius 2 is 2.00 bits per heavy atom. The fourth-order valence-corrected chi connectivity index (χ4v) is 4.33. The summed E-state index contributed by atoms with van der Waals surface area (Å²) < 4.78 is 0. The number of carbonyl (C=O) groups is 3. The highest BCUT2D eigenvalue weighted by atomic mass is 16.2. The Hall–Kier alpha value is -2.21. The van der Waals surface area contributed by atoms with E-state index in [2.05, 4.69) is 29.7 Å². The largest absolute Gasteiger partial charge is 0.322 e. The highest BCUT2D eigenvalue weighted by molar-refractivity contribution is 6.05. The summed E-state index contributed by atoms with van der Waals surface area (Å²) in [6.45, 7) is 4.75. The van der Waals surface area contributed by atoms with Gasteiger partial charge in [0, 0.05) is 18.5 Å². The van der Waals surface area contributed by atoms with Crippen LogP contribution in [0.3, 0.4) is 0 Å². The molecule has 3 unspecified atom stereocenters. The Bertz CT molecular complexity index is 745. The molecule has 0 saturated carbocycles. The third-order valence-corrected chi connectivity index (χ3v) is 5.76. The fraction of sp³-hybridized carbons (Fsp3) is 0.526. The second kappa shape index (κ2) is 6.26. The van der Waals surface area contributed by atoms with Crippen molar-refractivity contribution < 1.29 is 14.4 Å². The smallest absolute Gasteiger partial charge is 0.255 e. The Morgan fingerprint density at radius 1 is 1.16 bits per heavy atom. The minimum Gasteiger partial charge on any atom is -0.322 e. The van der Waals surface area contributed by atoms with E-state index in [0.29, 0.717) is 30.4 Å². The number of amides is 3. The molecule has 2 saturated heterocycles. The highest BCUT2D eigenvalue weighted by Gasteiger charge is 2.39. The van der Waals surface area contributed by atoms with Crippen LogP contribution in [0.25, 0.3) is 0 Å². The maximum Gasteiger partial charge on any atom is 0.255 e. The predicted molar refractivity (Wildman–Crippen MR) is 91.9 cm³/mol. The van der Waals surface area contributed by atoms with Gasteiger partial charge in [0.05, 0.1) is 0 Å². The van der Waals surface area contributed by atoms with Gasteiger partial charge in [0.2, 0.25) is 11.8 Å². The first-order valence-corrected chi connectivity index (χ1v) is 9.03. The van der Waals surface area contributed by atoms with Crippen LogP contribution in [0, 0.1) is 5.92 Å². The number of rotatable bonds is 2. The normalized spacial score (nSPS) is 29.6. The average molecular weight is 341 g/mol. The average Bonchev–Trinajstić information content (AvgIpc) is 2.91. The molecular weight excluding hydrogens is 318 g/mol. The van der Waals surface area contributed by atoms with Crippen LogP contribution in [0.5, 0.6) is 0 Å². The van der Waals surface area contributed by atoms with Gasteiger partial charge in [0.15, 0.2) is 0 Å². The van der Waals surface area contributed by atoms with E-state index >= 15 is 0 Å². The molecule has 132 valence electrons. The van der Waals surface area contributed by atoms with Crippen LogP contribution in [0.4, 0.5) is 0 Å². The minimum absolute atomic E-state index is 0.102. The van der Waals surface area contributed by atoms with Crippen molar-refractivity contribution in [1.82, 2.24) is 15.5 Å². The summed E-state index contributed by atoms with van der Waals surface area (Å²) >= 11 is 0. The maximum atomic E-state index is 12.7. The van der Waals surface area contributed by atoms with Crippen LogP contribution in [0.2, 0.25) is 0 Å². The second-order valence-electron chi connectivity index (χ2n) is 7.39. The Kier molecular flexibility index (Phi) is 4.07. The van der Waals surface area contributed by atoms with Crippen molar-refractivity contribution in [2.75, 3.05) is 13.1 Å². The number of piperidine rings is 2. The van der Waals surface area contributed by atoms with Crippen molar-refractivity contribution in [1.29, 1.82) is 0 Å². The maximum absolute atomic E-state index is 12.7. The minimum atomic E-state index is -0.543. The molecule has 3 aliphatic heterocycles. The van der Waals surface area contributed by atoms with Crippen LogP contribution in [0.1, 0.15) is 53.6 Å². The van der Waals surface area contributed by atoms with Crippen molar-refractivity contribution in [3.8, 4) is 0 Å². The third kappa shape index (κ3) is 2.84. The highest BCUT2D eigenvalue weighted by Crippen LogP contribution is 2.34. The zero-order chi connectivity index (χ0) is 17.6. The molecule has 0 aliphatic carbocycles. The van der Waals surface area contributed by atoms with Gasteiger partial charge in [0.1, 0.15) is 6.04 Å². The molecule has 0 radical (unpaired) electrons. The lowest BCUT2D eigenvalue weighted by Crippen LogP contribution is -2.52. The summed E-state index contributed by atoms with van der Waals surface area (Å²) in [5.74, 6) is 0.355. The van der Waals surface area contributed by atoms with Gasteiger partial charge in [-0.1, -0.05) is 19.1 Å². The standard InChI is InChI=1S/C19H23N3O3/c1-11-9-20-7-6-14(11)12-2-3-15-13(8-12)10-22(19(15)25)16-4-5-17(23)21-18(16)24/h2-3,8,11,14,16,20H,4-7,9-10H2,1H3,(H,21,23,24).